The molecule has 1 fully saturated rings. The van der Waals surface area contributed by atoms with Crippen molar-refractivity contribution < 1.29 is 14.4 Å². The number of nitrogens with one attached hydrogen (secondary N) is 1. The van der Waals surface area contributed by atoms with Crippen LogP contribution in [0.15, 0.2) is 24.4 Å². The Hall–Kier alpha value is -3.03. The highest BCUT2D eigenvalue weighted by Gasteiger charge is 2.28. The predicted octanol–water partition coefficient (Wildman–Crippen LogP) is 1.36. The number of hydrogen-bond acceptors (Lipinski definition) is 5. The molecule has 2 aromatic rings. The van der Waals surface area contributed by atoms with E-state index in [0.29, 0.717) is 11.5 Å². The molecule has 0 saturated carbocycles. The number of amides is 3. The molecule has 8 heteroatoms. The first kappa shape index (κ1) is 16.8. The maximum Gasteiger partial charge on any atom is 0.229 e. The molecule has 1 aliphatic rings. The average Bonchev–Trinajstić information content (AvgIpc) is 3.08. The summed E-state index contributed by atoms with van der Waals surface area (Å²) in [6.07, 6.45) is 2.09. The topological polar surface area (TPSA) is 97.2 Å². The molecule has 0 unspecified atom stereocenters. The number of rotatable bonds is 5. The Kier molecular flexibility index (Phi) is 4.60. The second-order valence-corrected chi connectivity index (χ2v) is 5.98. The maximum absolute atomic E-state index is 12.0. The monoisotopic (exact) mass is 341 g/mol. The van der Waals surface area contributed by atoms with Gasteiger partial charge in [-0.2, -0.15) is 5.10 Å². The Labute approximate surface area is 144 Å². The number of carbonyl (C=O) groups is 3. The van der Waals surface area contributed by atoms with E-state index >= 15 is 0 Å². The molecule has 130 valence electrons. The molecule has 0 spiro atoms. The molecule has 3 amide bonds. The fraction of sp³-hybridized carbons (Fsp3) is 0.353. The standard InChI is InChI=1S/C17H19N5O3/c1-11-9-12(2)22(20-11)14-4-3-13(10-18-14)19-15(23)7-8-21-16(24)5-6-17(21)25/h3-4,9-10H,5-8H2,1-2H3,(H,19,23). The summed E-state index contributed by atoms with van der Waals surface area (Å²) in [7, 11) is 0. The summed E-state index contributed by atoms with van der Waals surface area (Å²) < 4.78 is 1.73. The van der Waals surface area contributed by atoms with Crippen LogP contribution in [-0.2, 0) is 14.4 Å². The van der Waals surface area contributed by atoms with E-state index in [0.717, 1.165) is 16.3 Å². The van der Waals surface area contributed by atoms with Gasteiger partial charge in [0.25, 0.3) is 0 Å². The molecule has 0 atom stereocenters. The van der Waals surface area contributed by atoms with E-state index in [1.54, 1.807) is 23.0 Å². The summed E-state index contributed by atoms with van der Waals surface area (Å²) in [6.45, 7) is 3.97. The third-order valence-corrected chi connectivity index (χ3v) is 3.98. The molecule has 1 N–H and O–H groups in total. The summed E-state index contributed by atoms with van der Waals surface area (Å²) in [4.78, 5) is 40.5. The maximum atomic E-state index is 12.0. The molecule has 2 aromatic heterocycles. The van der Waals surface area contributed by atoms with Crippen LogP contribution in [0.1, 0.15) is 30.7 Å². The van der Waals surface area contributed by atoms with Gasteiger partial charge in [-0.1, -0.05) is 0 Å². The van der Waals surface area contributed by atoms with Crippen LogP contribution in [0.25, 0.3) is 5.82 Å². The largest absolute Gasteiger partial charge is 0.325 e. The molecule has 1 saturated heterocycles. The SMILES string of the molecule is Cc1cc(C)n(-c2ccc(NC(=O)CCN3C(=O)CCC3=O)cn2)n1. The van der Waals surface area contributed by atoms with Gasteiger partial charge in [0.1, 0.15) is 0 Å². The number of imide groups is 1. The van der Waals surface area contributed by atoms with Gasteiger partial charge in [-0.3, -0.25) is 19.3 Å². The van der Waals surface area contributed by atoms with Gasteiger partial charge in [0, 0.05) is 31.5 Å². The Bertz CT molecular complexity index is 809. The first-order valence-corrected chi connectivity index (χ1v) is 8.07. The van der Waals surface area contributed by atoms with E-state index in [4.69, 9.17) is 0 Å². The van der Waals surface area contributed by atoms with Gasteiger partial charge in [0.2, 0.25) is 17.7 Å². The Morgan fingerprint density at radius 3 is 2.48 bits per heavy atom. The Morgan fingerprint density at radius 2 is 1.92 bits per heavy atom. The lowest BCUT2D eigenvalue weighted by atomic mass is 10.3. The minimum Gasteiger partial charge on any atom is -0.325 e. The average molecular weight is 341 g/mol. The van der Waals surface area contributed by atoms with Crippen molar-refractivity contribution in [1.29, 1.82) is 0 Å². The number of hydrogen-bond donors (Lipinski definition) is 1. The van der Waals surface area contributed by atoms with Crippen molar-refractivity contribution >= 4 is 23.4 Å². The number of anilines is 1. The molecule has 25 heavy (non-hydrogen) atoms. The zero-order valence-electron chi connectivity index (χ0n) is 14.2. The van der Waals surface area contributed by atoms with Crippen molar-refractivity contribution in [3.63, 3.8) is 0 Å². The van der Waals surface area contributed by atoms with Crippen molar-refractivity contribution in [3.8, 4) is 5.82 Å². The number of aromatic nitrogens is 3. The van der Waals surface area contributed by atoms with Gasteiger partial charge >= 0.3 is 0 Å². The van der Waals surface area contributed by atoms with Gasteiger partial charge in [-0.25, -0.2) is 9.67 Å². The normalized spacial score (nSPS) is 14.2. The zero-order chi connectivity index (χ0) is 18.0. The molecular weight excluding hydrogens is 322 g/mol. The minimum atomic E-state index is -0.270. The molecule has 8 nitrogen and oxygen atoms in total. The number of nitrogens with zero attached hydrogens (tertiary/aromatic N) is 4. The van der Waals surface area contributed by atoms with Crippen molar-refractivity contribution in [2.24, 2.45) is 0 Å². The lowest BCUT2D eigenvalue weighted by Crippen LogP contribution is -2.32. The van der Waals surface area contributed by atoms with Crippen LogP contribution in [0.2, 0.25) is 0 Å². The lowest BCUT2D eigenvalue weighted by molar-refractivity contribution is -0.138. The van der Waals surface area contributed by atoms with E-state index in [-0.39, 0.29) is 43.5 Å². The summed E-state index contributed by atoms with van der Waals surface area (Å²) >= 11 is 0. The number of aryl methyl sites for hydroxylation is 2. The van der Waals surface area contributed by atoms with E-state index in [9.17, 15) is 14.4 Å². The quantitative estimate of drug-likeness (QED) is 0.828. The van der Waals surface area contributed by atoms with Gasteiger partial charge in [-0.05, 0) is 32.0 Å². The zero-order valence-corrected chi connectivity index (χ0v) is 14.2. The van der Waals surface area contributed by atoms with Gasteiger partial charge in [0.15, 0.2) is 5.82 Å². The third kappa shape index (κ3) is 3.73. The van der Waals surface area contributed by atoms with Crippen molar-refractivity contribution in [3.05, 3.63) is 35.8 Å². The second kappa shape index (κ2) is 6.84. The molecule has 1 aliphatic heterocycles. The van der Waals surface area contributed by atoms with Crippen LogP contribution in [0.3, 0.4) is 0 Å². The number of pyridine rings is 1. The summed E-state index contributed by atoms with van der Waals surface area (Å²) in [5.74, 6) is -0.0348. The van der Waals surface area contributed by atoms with Crippen LogP contribution in [0.5, 0.6) is 0 Å². The van der Waals surface area contributed by atoms with Crippen LogP contribution in [0.4, 0.5) is 5.69 Å². The smallest absolute Gasteiger partial charge is 0.229 e. The lowest BCUT2D eigenvalue weighted by Gasteiger charge is -2.13. The van der Waals surface area contributed by atoms with Crippen LogP contribution >= 0.6 is 0 Å². The van der Waals surface area contributed by atoms with Crippen molar-refractivity contribution in [1.82, 2.24) is 19.7 Å². The van der Waals surface area contributed by atoms with E-state index in [1.807, 2.05) is 19.9 Å². The minimum absolute atomic E-state index is 0.0662. The molecule has 3 rings (SSSR count). The third-order valence-electron chi connectivity index (χ3n) is 3.98. The first-order valence-electron chi connectivity index (χ1n) is 8.07. The van der Waals surface area contributed by atoms with Crippen LogP contribution < -0.4 is 5.32 Å². The Balaban J connectivity index is 1.58. The fourth-order valence-corrected chi connectivity index (χ4v) is 2.76. The Morgan fingerprint density at radius 1 is 1.20 bits per heavy atom. The van der Waals surface area contributed by atoms with Crippen molar-refractivity contribution in [2.45, 2.75) is 33.1 Å². The van der Waals surface area contributed by atoms with E-state index in [2.05, 4.69) is 15.4 Å². The summed E-state index contributed by atoms with van der Waals surface area (Å²) in [5.41, 5.74) is 2.43. The van der Waals surface area contributed by atoms with Gasteiger partial charge in [0.05, 0.1) is 17.6 Å². The second-order valence-electron chi connectivity index (χ2n) is 5.98. The molecule has 0 aliphatic carbocycles. The van der Waals surface area contributed by atoms with Gasteiger partial charge in [-0.15, -0.1) is 0 Å². The van der Waals surface area contributed by atoms with E-state index < -0.39 is 0 Å². The molecule has 3 heterocycles. The van der Waals surface area contributed by atoms with Crippen molar-refractivity contribution in [2.75, 3.05) is 11.9 Å². The molecular formula is C17H19N5O3. The first-order chi connectivity index (χ1) is 11.9. The number of carbonyl (C=O) groups excluding carboxylic acids is 3. The number of likely N-dealkylation sites (tertiary alicyclic amines) is 1. The highest BCUT2D eigenvalue weighted by Crippen LogP contribution is 2.14. The highest BCUT2D eigenvalue weighted by atomic mass is 16.2. The fourth-order valence-electron chi connectivity index (χ4n) is 2.76. The van der Waals surface area contributed by atoms with Crippen LogP contribution in [-0.4, -0.2) is 43.9 Å². The van der Waals surface area contributed by atoms with Crippen LogP contribution in [0, 0.1) is 13.8 Å². The highest BCUT2D eigenvalue weighted by molar-refractivity contribution is 6.02. The molecule has 0 radical (unpaired) electrons. The molecule has 0 aromatic carbocycles. The summed E-state index contributed by atoms with van der Waals surface area (Å²) in [5, 5.41) is 7.07. The predicted molar refractivity (Wildman–Crippen MR) is 90.0 cm³/mol. The summed E-state index contributed by atoms with van der Waals surface area (Å²) in [6, 6.07) is 5.46. The van der Waals surface area contributed by atoms with Gasteiger partial charge < -0.3 is 5.32 Å². The van der Waals surface area contributed by atoms with E-state index in [1.165, 1.54) is 0 Å². The molecule has 0 bridgehead atoms.